The quantitative estimate of drug-likeness (QED) is 0.0774. The van der Waals surface area contributed by atoms with Crippen LogP contribution in [-0.4, -0.2) is 163 Å². The van der Waals surface area contributed by atoms with Gasteiger partial charge in [0.2, 0.25) is 0 Å². The molecule has 2 aromatic rings. The molecule has 0 aromatic heterocycles. The monoisotopic (exact) mass is 888 g/mol. The Morgan fingerprint density at radius 3 is 2.02 bits per heavy atom. The van der Waals surface area contributed by atoms with E-state index in [0.717, 1.165) is 17.7 Å². The highest BCUT2D eigenvalue weighted by molar-refractivity contribution is 6.57. The third-order valence-corrected chi connectivity index (χ3v) is 10.2. The Morgan fingerprint density at radius 2 is 1.42 bits per heavy atom. The van der Waals surface area contributed by atoms with Crippen LogP contribution in [0.1, 0.15) is 59.2 Å². The summed E-state index contributed by atoms with van der Waals surface area (Å²) in [4.78, 5) is 77.2. The number of hydrogen-bond donors (Lipinski definition) is 5. The summed E-state index contributed by atoms with van der Waals surface area (Å²) in [6.07, 6.45) is 3.67. The van der Waals surface area contributed by atoms with Crippen molar-refractivity contribution in [2.45, 2.75) is 56.8 Å². The van der Waals surface area contributed by atoms with Crippen LogP contribution in [0, 0.1) is 0 Å². The first-order chi connectivity index (χ1) is 30.8. The van der Waals surface area contributed by atoms with Crippen molar-refractivity contribution < 1.29 is 67.4 Å². The van der Waals surface area contributed by atoms with Crippen LogP contribution in [0.15, 0.2) is 49.6 Å². The lowest BCUT2D eigenvalue weighted by molar-refractivity contribution is 0.0496. The number of anilines is 2. The molecule has 3 aliphatic rings. The van der Waals surface area contributed by atoms with Gasteiger partial charge in [-0.15, -0.1) is 0 Å². The summed E-state index contributed by atoms with van der Waals surface area (Å²) in [5.41, 5.74) is 0.722. The fourth-order valence-corrected chi connectivity index (χ4v) is 7.19. The van der Waals surface area contributed by atoms with Crippen molar-refractivity contribution in [3.8, 4) is 23.0 Å². The van der Waals surface area contributed by atoms with Crippen LogP contribution < -0.4 is 39.8 Å². The molecule has 5 rings (SSSR count). The number of ether oxygens (including phenoxy) is 6. The average Bonchev–Trinajstić information content (AvgIpc) is 3.96. The summed E-state index contributed by atoms with van der Waals surface area (Å²) < 4.78 is 32.4. The molecule has 4 radical (unpaired) electrons. The number of amides is 6. The molecule has 20 nitrogen and oxygen atoms in total. The SMILES string of the molecule is [B]C(=O)NCCCOc1cc(NC(=O)OCC=C)c(C(=O)N2CCC[C@H]2CO)cc1OC.[B]C(=O)NCCCOc1cc2c(cc1OC)C(=O)N1CCC[C@H]1[C@H](O)N2C(=O)OCC=C. The van der Waals surface area contributed by atoms with Gasteiger partial charge in [-0.1, -0.05) is 25.3 Å². The number of aliphatic hydroxyl groups is 2. The molecule has 2 fully saturated rings. The third-order valence-electron chi connectivity index (χ3n) is 10.2. The van der Waals surface area contributed by atoms with E-state index in [1.807, 2.05) is 0 Å². The van der Waals surface area contributed by atoms with Crippen molar-refractivity contribution in [1.29, 1.82) is 0 Å². The van der Waals surface area contributed by atoms with Gasteiger partial charge < -0.3 is 59.1 Å². The molecule has 0 aliphatic carbocycles. The number of methoxy groups -OCH3 is 2. The maximum absolute atomic E-state index is 13.3. The van der Waals surface area contributed by atoms with Gasteiger partial charge in [0.15, 0.2) is 56.5 Å². The van der Waals surface area contributed by atoms with Crippen LogP contribution in [0.4, 0.5) is 30.6 Å². The van der Waals surface area contributed by atoms with E-state index in [-0.39, 0.29) is 79.1 Å². The van der Waals surface area contributed by atoms with Crippen molar-refractivity contribution in [3.63, 3.8) is 0 Å². The molecular weight excluding hydrogens is 834 g/mol. The van der Waals surface area contributed by atoms with Gasteiger partial charge in [-0.3, -0.25) is 24.5 Å². The van der Waals surface area contributed by atoms with Crippen molar-refractivity contribution >= 4 is 62.7 Å². The number of carbonyl (C=O) groups is 6. The maximum atomic E-state index is 13.3. The second-order valence-corrected chi connectivity index (χ2v) is 14.4. The summed E-state index contributed by atoms with van der Waals surface area (Å²) in [6.45, 7) is 8.88. The van der Waals surface area contributed by atoms with Crippen LogP contribution in [-0.2, 0) is 9.47 Å². The van der Waals surface area contributed by atoms with Gasteiger partial charge in [0.1, 0.15) is 13.2 Å². The highest BCUT2D eigenvalue weighted by atomic mass is 16.6. The van der Waals surface area contributed by atoms with Crippen LogP contribution in [0.25, 0.3) is 0 Å². The number of nitrogens with zero attached hydrogens (tertiary/aromatic N) is 3. The van der Waals surface area contributed by atoms with Gasteiger partial charge in [-0.2, -0.15) is 0 Å². The number of likely N-dealkylation sites (tertiary alicyclic amines) is 1. The minimum Gasteiger partial charge on any atom is -0.493 e. The molecule has 5 N–H and O–H groups in total. The topological polar surface area (TPSA) is 244 Å². The summed E-state index contributed by atoms with van der Waals surface area (Å²) in [6, 6.07) is 5.09. The van der Waals surface area contributed by atoms with E-state index in [1.165, 1.54) is 50.6 Å². The van der Waals surface area contributed by atoms with E-state index in [1.54, 1.807) is 9.80 Å². The van der Waals surface area contributed by atoms with Crippen molar-refractivity contribution in [3.05, 3.63) is 60.7 Å². The number of rotatable bonds is 19. The molecule has 0 saturated carbocycles. The predicted octanol–water partition coefficient (Wildman–Crippen LogP) is 3.08. The van der Waals surface area contributed by atoms with Gasteiger partial charge >= 0.3 is 12.2 Å². The Balaban J connectivity index is 0.000000281. The Hall–Kier alpha value is -6.41. The Bertz CT molecular complexity index is 2010. The van der Waals surface area contributed by atoms with E-state index in [2.05, 4.69) is 29.1 Å². The van der Waals surface area contributed by atoms with Crippen molar-refractivity contribution in [2.24, 2.45) is 0 Å². The predicted molar refractivity (Wildman–Crippen MR) is 235 cm³/mol. The largest absolute Gasteiger partial charge is 0.493 e. The minimum atomic E-state index is -1.29. The smallest absolute Gasteiger partial charge is 0.416 e. The third kappa shape index (κ3) is 13.3. The van der Waals surface area contributed by atoms with E-state index in [0.29, 0.717) is 69.1 Å². The highest BCUT2D eigenvalue weighted by Crippen LogP contribution is 2.41. The van der Waals surface area contributed by atoms with Gasteiger partial charge in [-0.25, -0.2) is 14.5 Å². The minimum absolute atomic E-state index is 0.000198. The molecule has 3 heterocycles. The first-order valence-corrected chi connectivity index (χ1v) is 20.6. The normalized spacial score (nSPS) is 17.3. The summed E-state index contributed by atoms with van der Waals surface area (Å²) in [5, 5.41) is 28.1. The van der Waals surface area contributed by atoms with Gasteiger partial charge in [-0.05, 0) is 50.7 Å². The second kappa shape index (κ2) is 25.0. The molecule has 3 atom stereocenters. The van der Waals surface area contributed by atoms with E-state index in [9.17, 15) is 39.0 Å². The van der Waals surface area contributed by atoms with E-state index < -0.39 is 36.1 Å². The van der Waals surface area contributed by atoms with E-state index in [4.69, 9.17) is 44.1 Å². The molecular formula is C42H54B2N6O14. The second-order valence-electron chi connectivity index (χ2n) is 14.4. The lowest BCUT2D eigenvalue weighted by Crippen LogP contribution is -2.50. The highest BCUT2D eigenvalue weighted by Gasteiger charge is 2.45. The van der Waals surface area contributed by atoms with Gasteiger partial charge in [0.25, 0.3) is 11.8 Å². The molecule has 64 heavy (non-hydrogen) atoms. The van der Waals surface area contributed by atoms with Crippen LogP contribution in [0.3, 0.4) is 0 Å². The summed E-state index contributed by atoms with van der Waals surface area (Å²) >= 11 is 0. The first-order valence-electron chi connectivity index (χ1n) is 20.6. The number of aliphatic hydroxyl groups excluding tert-OH is 2. The van der Waals surface area contributed by atoms with Crippen molar-refractivity contribution in [2.75, 3.05) is 83.6 Å². The average molecular weight is 889 g/mol. The first kappa shape index (κ1) is 50.2. The van der Waals surface area contributed by atoms with Gasteiger partial charge in [0.05, 0.1) is 68.6 Å². The maximum Gasteiger partial charge on any atom is 0.416 e. The van der Waals surface area contributed by atoms with Crippen molar-refractivity contribution in [1.82, 2.24) is 20.4 Å². The van der Waals surface area contributed by atoms with Gasteiger partial charge in [0, 0.05) is 38.3 Å². The number of nitrogens with one attached hydrogen (secondary N) is 3. The van der Waals surface area contributed by atoms with Crippen LogP contribution in [0.2, 0.25) is 0 Å². The lowest BCUT2D eigenvalue weighted by atomic mass is 10.1. The Kier molecular flexibility index (Phi) is 19.6. The molecule has 342 valence electrons. The zero-order valence-electron chi connectivity index (χ0n) is 36.0. The number of carbonyl (C=O) groups excluding carboxylic acids is 6. The molecule has 2 saturated heterocycles. The number of benzene rings is 2. The van der Waals surface area contributed by atoms with E-state index >= 15 is 0 Å². The van der Waals surface area contributed by atoms with Crippen LogP contribution in [0.5, 0.6) is 23.0 Å². The Morgan fingerprint density at radius 1 is 0.828 bits per heavy atom. The Labute approximate surface area is 374 Å². The molecule has 2 aromatic carbocycles. The zero-order chi connectivity index (χ0) is 46.8. The lowest BCUT2D eigenvalue weighted by Gasteiger charge is -2.31. The molecule has 0 spiro atoms. The molecule has 0 unspecified atom stereocenters. The number of hydrogen-bond acceptors (Lipinski definition) is 14. The van der Waals surface area contributed by atoms with Crippen LogP contribution >= 0.6 is 0 Å². The summed E-state index contributed by atoms with van der Waals surface area (Å²) in [5.74, 6) is -0.761. The molecule has 0 bridgehead atoms. The summed E-state index contributed by atoms with van der Waals surface area (Å²) in [7, 11) is 12.9. The molecule has 22 heteroatoms. The fourth-order valence-electron chi connectivity index (χ4n) is 7.19. The fraction of sp³-hybridized carbons (Fsp3) is 0.476. The zero-order valence-corrected chi connectivity index (χ0v) is 36.0. The molecule has 3 aliphatic heterocycles. The number of fused-ring (bicyclic) bond motifs is 2. The standard InChI is InChI=1S/C21H26BN3O7.C21H28BN3O7/c1-3-9-32-21(29)25-15-12-17(31-10-5-7-23-20(22)28)16(30-2)11-13(15)18(26)24-8-4-6-14(24)19(25)27;1-3-9-32-21(29)24-16-12-18(31-10-5-7-23-20(22)28)17(30-2)11-15(16)19(27)25-8-4-6-14(25)13-26/h3,11-12,14,19,27H,1,4-10H2,2H3,(H,23,28);3,11-12,14,26H,1,4-10,13H2,2H3,(H,23,28)(H,24,29)/t14-,19-;14-/m00/s1. The molecule has 6 amide bonds.